The Hall–Kier alpha value is -1.02. The number of aryl methyl sites for hydroxylation is 1. The van der Waals surface area contributed by atoms with Gasteiger partial charge in [-0.05, 0) is 44.1 Å². The van der Waals surface area contributed by atoms with E-state index in [9.17, 15) is 0 Å². The molecule has 2 rings (SSSR count). The summed E-state index contributed by atoms with van der Waals surface area (Å²) in [7, 11) is 4.23. The summed E-state index contributed by atoms with van der Waals surface area (Å²) in [6.07, 6.45) is 2.37. The lowest BCUT2D eigenvalue weighted by Gasteiger charge is -2.21. The first-order valence-electron chi connectivity index (χ1n) is 4.74. The molecule has 0 radical (unpaired) electrons. The summed E-state index contributed by atoms with van der Waals surface area (Å²) in [5, 5.41) is 0. The monoisotopic (exact) mass is 176 g/mol. The average molecular weight is 176 g/mol. The quantitative estimate of drug-likeness (QED) is 0.661. The van der Waals surface area contributed by atoms with Gasteiger partial charge in [-0.1, -0.05) is 12.1 Å². The second-order valence-electron chi connectivity index (χ2n) is 3.94. The van der Waals surface area contributed by atoms with Crippen molar-refractivity contribution in [2.75, 3.05) is 19.8 Å². The highest BCUT2D eigenvalue weighted by Gasteiger charge is 2.25. The van der Waals surface area contributed by atoms with Gasteiger partial charge in [0.15, 0.2) is 0 Å². The number of rotatable bonds is 1. The first-order chi connectivity index (χ1) is 6.20. The van der Waals surface area contributed by atoms with Crippen molar-refractivity contribution in [2.24, 2.45) is 0 Å². The van der Waals surface area contributed by atoms with Gasteiger partial charge in [0.05, 0.1) is 0 Å². The minimum absolute atomic E-state index is 0.524. The van der Waals surface area contributed by atoms with Crippen LogP contribution in [0.15, 0.2) is 18.2 Å². The molecule has 70 valence electrons. The molecule has 0 heterocycles. The SMILES string of the molecule is CN(C)C1CCc2cccc(N)c21. The zero-order chi connectivity index (χ0) is 9.42. The molecule has 1 aromatic rings. The summed E-state index contributed by atoms with van der Waals surface area (Å²) in [4.78, 5) is 2.25. The van der Waals surface area contributed by atoms with Crippen molar-refractivity contribution in [2.45, 2.75) is 18.9 Å². The van der Waals surface area contributed by atoms with E-state index in [-0.39, 0.29) is 0 Å². The fourth-order valence-electron chi connectivity index (χ4n) is 2.21. The normalized spacial score (nSPS) is 20.7. The van der Waals surface area contributed by atoms with Gasteiger partial charge in [-0.2, -0.15) is 0 Å². The molecule has 13 heavy (non-hydrogen) atoms. The number of nitrogen functional groups attached to an aromatic ring is 1. The molecule has 0 aliphatic heterocycles. The first-order valence-corrected chi connectivity index (χ1v) is 4.74. The van der Waals surface area contributed by atoms with Crippen LogP contribution in [0.4, 0.5) is 5.69 Å². The van der Waals surface area contributed by atoms with Crippen molar-refractivity contribution in [1.82, 2.24) is 4.90 Å². The predicted octanol–water partition coefficient (Wildman–Crippen LogP) is 1.82. The molecule has 0 fully saturated rings. The molecule has 1 aliphatic carbocycles. The largest absolute Gasteiger partial charge is 0.398 e. The van der Waals surface area contributed by atoms with Crippen molar-refractivity contribution in [1.29, 1.82) is 0 Å². The van der Waals surface area contributed by atoms with Crippen LogP contribution >= 0.6 is 0 Å². The van der Waals surface area contributed by atoms with E-state index >= 15 is 0 Å². The van der Waals surface area contributed by atoms with Crippen molar-refractivity contribution < 1.29 is 0 Å². The summed E-state index contributed by atoms with van der Waals surface area (Å²) >= 11 is 0. The van der Waals surface area contributed by atoms with Gasteiger partial charge in [0, 0.05) is 11.7 Å². The lowest BCUT2D eigenvalue weighted by molar-refractivity contribution is 0.299. The maximum Gasteiger partial charge on any atom is 0.0368 e. The second kappa shape index (κ2) is 3.04. The second-order valence-corrected chi connectivity index (χ2v) is 3.94. The van der Waals surface area contributed by atoms with E-state index < -0.39 is 0 Å². The summed E-state index contributed by atoms with van der Waals surface area (Å²) < 4.78 is 0. The van der Waals surface area contributed by atoms with E-state index in [2.05, 4.69) is 25.1 Å². The zero-order valence-corrected chi connectivity index (χ0v) is 8.25. The van der Waals surface area contributed by atoms with Crippen LogP contribution in [0.5, 0.6) is 0 Å². The van der Waals surface area contributed by atoms with Crippen LogP contribution in [0.2, 0.25) is 0 Å². The number of benzene rings is 1. The maximum absolute atomic E-state index is 5.97. The zero-order valence-electron chi connectivity index (χ0n) is 8.25. The molecule has 0 spiro atoms. The Morgan fingerprint density at radius 2 is 2.15 bits per heavy atom. The van der Waals surface area contributed by atoms with Crippen molar-refractivity contribution in [3.63, 3.8) is 0 Å². The Bertz CT molecular complexity index is 318. The first kappa shape index (κ1) is 8.57. The Balaban J connectivity index is 2.46. The lowest BCUT2D eigenvalue weighted by Crippen LogP contribution is -2.18. The summed E-state index contributed by atoms with van der Waals surface area (Å²) in [5.41, 5.74) is 9.71. The van der Waals surface area contributed by atoms with Gasteiger partial charge in [0.25, 0.3) is 0 Å². The number of hydrogen-bond donors (Lipinski definition) is 1. The summed E-state index contributed by atoms with van der Waals surface area (Å²) in [6.45, 7) is 0. The van der Waals surface area contributed by atoms with Gasteiger partial charge in [0.1, 0.15) is 0 Å². The van der Waals surface area contributed by atoms with Crippen molar-refractivity contribution >= 4 is 5.69 Å². The van der Waals surface area contributed by atoms with Crippen LogP contribution in [0.25, 0.3) is 0 Å². The molecule has 1 aromatic carbocycles. The lowest BCUT2D eigenvalue weighted by atomic mass is 10.1. The molecular weight excluding hydrogens is 160 g/mol. The molecule has 2 heteroatoms. The molecule has 0 bridgehead atoms. The average Bonchev–Trinajstić information content (AvgIpc) is 2.49. The number of fused-ring (bicyclic) bond motifs is 1. The minimum Gasteiger partial charge on any atom is -0.398 e. The fourth-order valence-corrected chi connectivity index (χ4v) is 2.21. The van der Waals surface area contributed by atoms with Gasteiger partial charge in [0.2, 0.25) is 0 Å². The van der Waals surface area contributed by atoms with Gasteiger partial charge in [-0.25, -0.2) is 0 Å². The molecule has 0 aromatic heterocycles. The molecule has 1 atom stereocenters. The standard InChI is InChI=1S/C11H16N2/c1-13(2)10-7-6-8-4-3-5-9(12)11(8)10/h3-5,10H,6-7,12H2,1-2H3. The third kappa shape index (κ3) is 1.31. The van der Waals surface area contributed by atoms with Crippen LogP contribution < -0.4 is 5.73 Å². The van der Waals surface area contributed by atoms with Crippen LogP contribution in [0.3, 0.4) is 0 Å². The van der Waals surface area contributed by atoms with Crippen LogP contribution in [-0.2, 0) is 6.42 Å². The highest BCUT2D eigenvalue weighted by molar-refractivity contribution is 5.54. The number of hydrogen-bond acceptors (Lipinski definition) is 2. The minimum atomic E-state index is 0.524. The van der Waals surface area contributed by atoms with E-state index in [0.717, 1.165) is 5.69 Å². The Labute approximate surface area is 79.4 Å². The predicted molar refractivity (Wildman–Crippen MR) is 55.6 cm³/mol. The van der Waals surface area contributed by atoms with Crippen LogP contribution in [0.1, 0.15) is 23.6 Å². The molecule has 0 saturated heterocycles. The third-order valence-corrected chi connectivity index (χ3v) is 2.87. The van der Waals surface area contributed by atoms with E-state index in [4.69, 9.17) is 5.73 Å². The summed E-state index contributed by atoms with van der Waals surface area (Å²) in [5.74, 6) is 0. The van der Waals surface area contributed by atoms with Gasteiger partial charge in [-0.3, -0.25) is 0 Å². The summed E-state index contributed by atoms with van der Waals surface area (Å²) in [6, 6.07) is 6.76. The van der Waals surface area contributed by atoms with E-state index in [1.54, 1.807) is 0 Å². The molecule has 1 aliphatic rings. The highest BCUT2D eigenvalue weighted by Crippen LogP contribution is 2.37. The smallest absolute Gasteiger partial charge is 0.0368 e. The molecule has 2 N–H and O–H groups in total. The Morgan fingerprint density at radius 1 is 1.38 bits per heavy atom. The van der Waals surface area contributed by atoms with Gasteiger partial charge in [-0.15, -0.1) is 0 Å². The van der Waals surface area contributed by atoms with E-state index in [1.807, 2.05) is 12.1 Å². The highest BCUT2D eigenvalue weighted by atomic mass is 15.1. The third-order valence-electron chi connectivity index (χ3n) is 2.87. The molecule has 0 saturated carbocycles. The van der Waals surface area contributed by atoms with Gasteiger partial charge < -0.3 is 10.6 Å². The van der Waals surface area contributed by atoms with Gasteiger partial charge >= 0.3 is 0 Å². The van der Waals surface area contributed by atoms with E-state index in [0.29, 0.717) is 6.04 Å². The molecule has 0 amide bonds. The number of nitrogens with zero attached hydrogens (tertiary/aromatic N) is 1. The maximum atomic E-state index is 5.97. The Kier molecular flexibility index (Phi) is 2.00. The molecule has 2 nitrogen and oxygen atoms in total. The van der Waals surface area contributed by atoms with E-state index in [1.165, 1.54) is 24.0 Å². The van der Waals surface area contributed by atoms with Crippen molar-refractivity contribution in [3.8, 4) is 0 Å². The number of nitrogens with two attached hydrogens (primary N) is 1. The molecule has 1 unspecified atom stereocenters. The Morgan fingerprint density at radius 3 is 2.85 bits per heavy atom. The van der Waals surface area contributed by atoms with Crippen molar-refractivity contribution in [3.05, 3.63) is 29.3 Å². The van der Waals surface area contributed by atoms with Crippen LogP contribution in [-0.4, -0.2) is 19.0 Å². The number of anilines is 1. The topological polar surface area (TPSA) is 29.3 Å². The molecular formula is C11H16N2. The van der Waals surface area contributed by atoms with Crippen LogP contribution in [0, 0.1) is 0 Å². The fraction of sp³-hybridized carbons (Fsp3) is 0.455.